The van der Waals surface area contributed by atoms with Crippen LogP contribution in [0.15, 0.2) is 40.2 Å². The van der Waals surface area contributed by atoms with Gasteiger partial charge >= 0.3 is 11.1 Å². The molecule has 0 unspecified atom stereocenters. The van der Waals surface area contributed by atoms with E-state index in [1.165, 1.54) is 17.4 Å². The topological polar surface area (TPSA) is 62.5 Å². The van der Waals surface area contributed by atoms with Crippen LogP contribution in [-0.2, 0) is 6.54 Å². The molecule has 0 atom stereocenters. The van der Waals surface area contributed by atoms with Crippen LogP contribution in [0.1, 0.15) is 25.7 Å². The molecule has 6 nitrogen and oxygen atoms in total. The van der Waals surface area contributed by atoms with Crippen LogP contribution in [0.5, 0.6) is 11.5 Å². The fourth-order valence-electron chi connectivity index (χ4n) is 3.36. The molecule has 2 heterocycles. The first kappa shape index (κ1) is 14.1. The van der Waals surface area contributed by atoms with E-state index in [9.17, 15) is 9.59 Å². The highest BCUT2D eigenvalue weighted by molar-refractivity contribution is 5.49. The summed E-state index contributed by atoms with van der Waals surface area (Å²) in [5.41, 5.74) is -0.411. The van der Waals surface area contributed by atoms with Crippen molar-refractivity contribution in [3.05, 3.63) is 51.3 Å². The lowest BCUT2D eigenvalue weighted by Crippen LogP contribution is -2.40. The summed E-state index contributed by atoms with van der Waals surface area (Å²) in [6, 6.07) is 5.20. The first-order valence-corrected chi connectivity index (χ1v) is 7.94. The minimum Gasteiger partial charge on any atom is -0.454 e. The smallest absolute Gasteiger partial charge is 0.320 e. The minimum atomic E-state index is -0.538. The van der Waals surface area contributed by atoms with Gasteiger partial charge in [-0.3, -0.25) is 14.2 Å². The fraction of sp³-hybridized carbons (Fsp3) is 0.412. The Kier molecular flexibility index (Phi) is 3.44. The number of fused-ring (bicyclic) bond motifs is 1. The molecule has 6 heteroatoms. The molecule has 0 amide bonds. The molecule has 120 valence electrons. The lowest BCUT2D eigenvalue weighted by Gasteiger charge is -2.13. The molecule has 0 spiro atoms. The van der Waals surface area contributed by atoms with Crippen LogP contribution >= 0.6 is 0 Å². The van der Waals surface area contributed by atoms with Gasteiger partial charge in [0.25, 0.3) is 0 Å². The zero-order valence-corrected chi connectivity index (χ0v) is 12.7. The summed E-state index contributed by atoms with van der Waals surface area (Å²) in [6.45, 7) is 0.812. The van der Waals surface area contributed by atoms with Crippen molar-refractivity contribution in [3.8, 4) is 17.2 Å². The number of hydrogen-bond acceptors (Lipinski definition) is 4. The molecule has 1 aromatic heterocycles. The van der Waals surface area contributed by atoms with Crippen LogP contribution in [-0.4, -0.2) is 15.9 Å². The van der Waals surface area contributed by atoms with E-state index in [2.05, 4.69) is 0 Å². The van der Waals surface area contributed by atoms with Crippen molar-refractivity contribution in [2.24, 2.45) is 5.92 Å². The van der Waals surface area contributed by atoms with Crippen molar-refractivity contribution in [1.29, 1.82) is 0 Å². The van der Waals surface area contributed by atoms with Gasteiger partial charge in [0.05, 0.1) is 5.69 Å². The maximum Gasteiger partial charge on any atom is 0.320 e. The molecule has 1 fully saturated rings. The van der Waals surface area contributed by atoms with Gasteiger partial charge in [0.1, 0.15) is 0 Å². The number of aromatic nitrogens is 2. The number of benzene rings is 1. The normalized spacial score (nSPS) is 16.9. The maximum atomic E-state index is 12.4. The zero-order chi connectivity index (χ0) is 15.8. The van der Waals surface area contributed by atoms with E-state index in [4.69, 9.17) is 9.47 Å². The van der Waals surface area contributed by atoms with Crippen LogP contribution < -0.4 is 20.6 Å². The highest BCUT2D eigenvalue weighted by Crippen LogP contribution is 2.33. The van der Waals surface area contributed by atoms with Crippen LogP contribution in [0, 0.1) is 5.92 Å². The second-order valence-electron chi connectivity index (χ2n) is 6.12. The molecular formula is C17H18N2O4. The third kappa shape index (κ3) is 2.54. The molecule has 23 heavy (non-hydrogen) atoms. The Morgan fingerprint density at radius 3 is 2.61 bits per heavy atom. The number of rotatable bonds is 3. The monoisotopic (exact) mass is 314 g/mol. The molecule has 0 N–H and O–H groups in total. The summed E-state index contributed by atoms with van der Waals surface area (Å²) in [4.78, 5) is 24.8. The van der Waals surface area contributed by atoms with E-state index < -0.39 is 11.1 Å². The van der Waals surface area contributed by atoms with E-state index >= 15 is 0 Å². The first-order chi connectivity index (χ1) is 11.2. The van der Waals surface area contributed by atoms with Gasteiger partial charge in [-0.05, 0) is 30.9 Å². The largest absolute Gasteiger partial charge is 0.454 e. The highest BCUT2D eigenvalue weighted by atomic mass is 16.7. The molecule has 0 saturated heterocycles. The third-order valence-corrected chi connectivity index (χ3v) is 4.62. The van der Waals surface area contributed by atoms with Gasteiger partial charge in [0.15, 0.2) is 11.5 Å². The molecule has 0 bridgehead atoms. The van der Waals surface area contributed by atoms with Crippen LogP contribution in [0.4, 0.5) is 0 Å². The second kappa shape index (κ2) is 5.61. The van der Waals surface area contributed by atoms with Gasteiger partial charge in [0, 0.05) is 25.0 Å². The summed E-state index contributed by atoms with van der Waals surface area (Å²) >= 11 is 0. The second-order valence-corrected chi connectivity index (χ2v) is 6.12. The Labute approximate surface area is 132 Å². The number of hydrogen-bond donors (Lipinski definition) is 0. The first-order valence-electron chi connectivity index (χ1n) is 7.94. The van der Waals surface area contributed by atoms with E-state index in [1.807, 2.05) is 0 Å². The summed E-state index contributed by atoms with van der Waals surface area (Å²) in [6.07, 6.45) is 8.06. The standard InChI is InChI=1S/C17H18N2O4/c20-16-17(21)19(8-7-18(16)10-12-3-1-2-4-12)13-5-6-14-15(9-13)23-11-22-14/h5-9,12H,1-4,10-11H2. The summed E-state index contributed by atoms with van der Waals surface area (Å²) in [5, 5.41) is 0. The van der Waals surface area contributed by atoms with Crippen molar-refractivity contribution >= 4 is 0 Å². The lowest BCUT2D eigenvalue weighted by atomic mass is 10.1. The average molecular weight is 314 g/mol. The summed E-state index contributed by atoms with van der Waals surface area (Å²) in [7, 11) is 0. The van der Waals surface area contributed by atoms with Gasteiger partial charge in [-0.15, -0.1) is 0 Å². The van der Waals surface area contributed by atoms with Gasteiger partial charge < -0.3 is 14.0 Å². The lowest BCUT2D eigenvalue weighted by molar-refractivity contribution is 0.174. The van der Waals surface area contributed by atoms with Gasteiger partial charge in [-0.1, -0.05) is 12.8 Å². The maximum absolute atomic E-state index is 12.4. The van der Waals surface area contributed by atoms with Crippen molar-refractivity contribution < 1.29 is 9.47 Å². The molecule has 2 aliphatic rings. The predicted octanol–water partition coefficient (Wildman–Crippen LogP) is 1.92. The van der Waals surface area contributed by atoms with Crippen LogP contribution in [0.25, 0.3) is 5.69 Å². The van der Waals surface area contributed by atoms with Gasteiger partial charge in [-0.25, -0.2) is 0 Å². The molecular weight excluding hydrogens is 296 g/mol. The van der Waals surface area contributed by atoms with Crippen LogP contribution in [0.2, 0.25) is 0 Å². The van der Waals surface area contributed by atoms with Crippen molar-refractivity contribution in [2.45, 2.75) is 32.2 Å². The Morgan fingerprint density at radius 2 is 1.78 bits per heavy atom. The average Bonchev–Trinajstić information content (AvgIpc) is 3.22. The third-order valence-electron chi connectivity index (χ3n) is 4.62. The Hall–Kier alpha value is -2.50. The molecule has 1 aromatic carbocycles. The summed E-state index contributed by atoms with van der Waals surface area (Å²) in [5.74, 6) is 1.74. The van der Waals surface area contributed by atoms with E-state index in [1.54, 1.807) is 35.2 Å². The van der Waals surface area contributed by atoms with E-state index in [-0.39, 0.29) is 6.79 Å². The molecule has 4 rings (SSSR count). The van der Waals surface area contributed by atoms with Crippen molar-refractivity contribution in [3.63, 3.8) is 0 Å². The zero-order valence-electron chi connectivity index (χ0n) is 12.7. The SMILES string of the molecule is O=c1c(=O)n(-c2ccc3c(c2)OCO3)ccn1CC1CCCC1. The number of ether oxygens (including phenoxy) is 2. The Balaban J connectivity index is 1.69. The van der Waals surface area contributed by atoms with Crippen molar-refractivity contribution in [1.82, 2.24) is 9.13 Å². The van der Waals surface area contributed by atoms with Crippen molar-refractivity contribution in [2.75, 3.05) is 6.79 Å². The van der Waals surface area contributed by atoms with Gasteiger partial charge in [0.2, 0.25) is 6.79 Å². The molecule has 1 aliphatic carbocycles. The van der Waals surface area contributed by atoms with E-state index in [0.29, 0.717) is 29.6 Å². The molecule has 1 aliphatic heterocycles. The summed E-state index contributed by atoms with van der Waals surface area (Å²) < 4.78 is 13.5. The highest BCUT2D eigenvalue weighted by Gasteiger charge is 2.18. The molecule has 1 saturated carbocycles. The Bertz CT molecular complexity index is 846. The predicted molar refractivity (Wildman–Crippen MR) is 84.4 cm³/mol. The quantitative estimate of drug-likeness (QED) is 0.812. The van der Waals surface area contributed by atoms with Gasteiger partial charge in [-0.2, -0.15) is 0 Å². The van der Waals surface area contributed by atoms with E-state index in [0.717, 1.165) is 12.8 Å². The Morgan fingerprint density at radius 1 is 1.00 bits per heavy atom. The minimum absolute atomic E-state index is 0.177. The molecule has 2 aromatic rings. The fourth-order valence-corrected chi connectivity index (χ4v) is 3.36. The molecule has 0 radical (unpaired) electrons. The van der Waals surface area contributed by atoms with Crippen LogP contribution in [0.3, 0.4) is 0 Å². The number of nitrogens with zero attached hydrogens (tertiary/aromatic N) is 2.